The smallest absolute Gasteiger partial charge is 0.166 e. The van der Waals surface area contributed by atoms with E-state index >= 15 is 0 Å². The van der Waals surface area contributed by atoms with Crippen molar-refractivity contribution in [2.24, 2.45) is 11.3 Å². The molecule has 0 bridgehead atoms. The fraction of sp³-hybridized carbons (Fsp3) is 0.650. The molecule has 0 radical (unpaired) electrons. The third-order valence-electron chi connectivity index (χ3n) is 5.65. The van der Waals surface area contributed by atoms with Gasteiger partial charge in [-0.15, -0.1) is 0 Å². The lowest BCUT2D eigenvalue weighted by molar-refractivity contribution is 0.141. The molecule has 128 valence electrons. The summed E-state index contributed by atoms with van der Waals surface area (Å²) in [6, 6.07) is 9.14. The minimum absolute atomic E-state index is 0.481. The normalized spacial score (nSPS) is 21.7. The summed E-state index contributed by atoms with van der Waals surface area (Å²) in [6.45, 7) is 10.1. The van der Waals surface area contributed by atoms with Gasteiger partial charge in [0.05, 0.1) is 0 Å². The largest absolute Gasteiger partial charge is 0.360 e. The van der Waals surface area contributed by atoms with Crippen molar-refractivity contribution in [1.82, 2.24) is 10.6 Å². The molecular weight excluding hydrogens is 300 g/mol. The number of benzene rings is 1. The third-order valence-corrected chi connectivity index (χ3v) is 5.91. The predicted molar refractivity (Wildman–Crippen MR) is 104 cm³/mol. The van der Waals surface area contributed by atoms with Gasteiger partial charge in [0.2, 0.25) is 0 Å². The molecule has 3 heteroatoms. The quantitative estimate of drug-likeness (QED) is 0.746. The molecule has 0 saturated heterocycles. The van der Waals surface area contributed by atoms with Crippen molar-refractivity contribution in [2.45, 2.75) is 72.4 Å². The summed E-state index contributed by atoms with van der Waals surface area (Å²) < 4.78 is 0. The molecule has 1 aromatic carbocycles. The van der Waals surface area contributed by atoms with Gasteiger partial charge in [-0.2, -0.15) is 0 Å². The van der Waals surface area contributed by atoms with Gasteiger partial charge in [-0.05, 0) is 61.7 Å². The second kappa shape index (κ2) is 8.14. The first-order valence-corrected chi connectivity index (χ1v) is 9.41. The van der Waals surface area contributed by atoms with Crippen LogP contribution in [0.2, 0.25) is 0 Å². The Kier molecular flexibility index (Phi) is 6.46. The van der Waals surface area contributed by atoms with Crippen LogP contribution in [0.15, 0.2) is 24.3 Å². The highest BCUT2D eigenvalue weighted by atomic mass is 32.1. The maximum Gasteiger partial charge on any atom is 0.166 e. The van der Waals surface area contributed by atoms with E-state index in [1.807, 2.05) is 0 Å². The van der Waals surface area contributed by atoms with Gasteiger partial charge in [-0.1, -0.05) is 57.0 Å². The highest BCUT2D eigenvalue weighted by Gasteiger charge is 2.31. The van der Waals surface area contributed by atoms with Crippen LogP contribution in [0.5, 0.6) is 0 Å². The van der Waals surface area contributed by atoms with E-state index in [1.165, 1.54) is 43.2 Å². The van der Waals surface area contributed by atoms with Gasteiger partial charge in [0.25, 0.3) is 0 Å². The summed E-state index contributed by atoms with van der Waals surface area (Å²) in [5.74, 6) is 0.861. The molecule has 0 heterocycles. The van der Waals surface area contributed by atoms with Crippen molar-refractivity contribution in [3.63, 3.8) is 0 Å². The molecule has 1 aliphatic rings. The number of hydrogen-bond donors (Lipinski definition) is 2. The Morgan fingerprint density at radius 2 is 1.74 bits per heavy atom. The summed E-state index contributed by atoms with van der Waals surface area (Å²) in [7, 11) is 0. The second-order valence-corrected chi connectivity index (χ2v) is 8.11. The number of aryl methyl sites for hydroxylation is 1. The molecule has 1 aromatic rings. The molecule has 23 heavy (non-hydrogen) atoms. The Hall–Kier alpha value is -1.09. The molecular formula is C20H32N2S. The molecule has 0 spiro atoms. The van der Waals surface area contributed by atoms with E-state index in [1.54, 1.807) is 0 Å². The molecule has 2 nitrogen and oxygen atoms in total. The molecule has 0 aromatic heterocycles. The topological polar surface area (TPSA) is 24.1 Å². The van der Waals surface area contributed by atoms with Gasteiger partial charge in [0.15, 0.2) is 5.11 Å². The van der Waals surface area contributed by atoms with E-state index in [9.17, 15) is 0 Å². The van der Waals surface area contributed by atoms with Crippen LogP contribution in [0, 0.1) is 18.3 Å². The van der Waals surface area contributed by atoms with Gasteiger partial charge in [0, 0.05) is 12.6 Å². The zero-order valence-electron chi connectivity index (χ0n) is 15.1. The molecule has 2 rings (SSSR count). The summed E-state index contributed by atoms with van der Waals surface area (Å²) in [5.41, 5.74) is 3.05. The molecule has 0 unspecified atom stereocenters. The van der Waals surface area contributed by atoms with E-state index in [0.29, 0.717) is 11.5 Å². The van der Waals surface area contributed by atoms with Crippen molar-refractivity contribution in [1.29, 1.82) is 0 Å². The Morgan fingerprint density at radius 1 is 1.13 bits per heavy atom. The van der Waals surface area contributed by atoms with Gasteiger partial charge in [-0.25, -0.2) is 0 Å². The lowest BCUT2D eigenvalue weighted by Crippen LogP contribution is -2.44. The standard InChI is InChI=1S/C20H32N2S/c1-5-20(3,4)17-10-12-18(13-11-17)22-19(23)21-14-16-8-6-15(2)7-9-16/h6-9,17-18H,5,10-14H2,1-4H3,(H2,21,22,23). The summed E-state index contributed by atoms with van der Waals surface area (Å²) in [5, 5.41) is 7.64. The SMILES string of the molecule is CCC(C)(C)C1CCC(NC(=S)NCc2ccc(C)cc2)CC1. The van der Waals surface area contributed by atoms with Crippen LogP contribution in [0.3, 0.4) is 0 Å². The van der Waals surface area contributed by atoms with Crippen LogP contribution in [-0.4, -0.2) is 11.2 Å². The van der Waals surface area contributed by atoms with E-state index in [2.05, 4.69) is 62.6 Å². The van der Waals surface area contributed by atoms with Crippen LogP contribution in [0.4, 0.5) is 0 Å². The number of nitrogens with one attached hydrogen (secondary N) is 2. The Bertz CT molecular complexity index is 499. The zero-order chi connectivity index (χ0) is 16.9. The maximum atomic E-state index is 5.46. The van der Waals surface area contributed by atoms with Crippen molar-refractivity contribution in [3.05, 3.63) is 35.4 Å². The fourth-order valence-electron chi connectivity index (χ4n) is 3.43. The van der Waals surface area contributed by atoms with E-state index in [-0.39, 0.29) is 0 Å². The van der Waals surface area contributed by atoms with Crippen LogP contribution in [0.1, 0.15) is 64.0 Å². The molecule has 1 saturated carbocycles. The first-order valence-electron chi connectivity index (χ1n) is 9.00. The van der Waals surface area contributed by atoms with Crippen LogP contribution in [-0.2, 0) is 6.54 Å². The predicted octanol–water partition coefficient (Wildman–Crippen LogP) is 4.95. The second-order valence-electron chi connectivity index (χ2n) is 7.70. The zero-order valence-corrected chi connectivity index (χ0v) is 15.9. The van der Waals surface area contributed by atoms with Crippen molar-refractivity contribution < 1.29 is 0 Å². The summed E-state index contributed by atoms with van der Waals surface area (Å²) in [6.07, 6.45) is 6.38. The molecule has 0 amide bonds. The molecule has 0 aliphatic heterocycles. The minimum atomic E-state index is 0.481. The van der Waals surface area contributed by atoms with Gasteiger partial charge in [0.1, 0.15) is 0 Å². The Balaban J connectivity index is 1.71. The molecule has 1 aliphatic carbocycles. The van der Waals surface area contributed by atoms with Crippen molar-refractivity contribution >= 4 is 17.3 Å². The summed E-state index contributed by atoms with van der Waals surface area (Å²) in [4.78, 5) is 0. The van der Waals surface area contributed by atoms with Gasteiger partial charge < -0.3 is 10.6 Å². The lowest BCUT2D eigenvalue weighted by Gasteiger charge is -2.39. The Labute approximate surface area is 147 Å². The molecule has 1 fully saturated rings. The highest BCUT2D eigenvalue weighted by molar-refractivity contribution is 7.80. The first-order chi connectivity index (χ1) is 10.9. The summed E-state index contributed by atoms with van der Waals surface area (Å²) >= 11 is 5.46. The first kappa shape index (κ1) is 18.3. The van der Waals surface area contributed by atoms with Gasteiger partial charge >= 0.3 is 0 Å². The average molecular weight is 333 g/mol. The monoisotopic (exact) mass is 332 g/mol. The van der Waals surface area contributed by atoms with Crippen LogP contribution >= 0.6 is 12.2 Å². The number of rotatable bonds is 5. The number of hydrogen-bond acceptors (Lipinski definition) is 1. The average Bonchev–Trinajstić information content (AvgIpc) is 2.55. The Morgan fingerprint density at radius 3 is 2.30 bits per heavy atom. The van der Waals surface area contributed by atoms with E-state index in [4.69, 9.17) is 12.2 Å². The lowest BCUT2D eigenvalue weighted by atomic mass is 9.69. The molecule has 2 N–H and O–H groups in total. The van der Waals surface area contributed by atoms with Crippen LogP contribution < -0.4 is 10.6 Å². The van der Waals surface area contributed by atoms with Crippen molar-refractivity contribution in [2.75, 3.05) is 0 Å². The van der Waals surface area contributed by atoms with Gasteiger partial charge in [-0.3, -0.25) is 0 Å². The van der Waals surface area contributed by atoms with Crippen LogP contribution in [0.25, 0.3) is 0 Å². The van der Waals surface area contributed by atoms with Crippen molar-refractivity contribution in [3.8, 4) is 0 Å². The highest BCUT2D eigenvalue weighted by Crippen LogP contribution is 2.40. The fourth-order valence-corrected chi connectivity index (χ4v) is 3.67. The van der Waals surface area contributed by atoms with E-state index in [0.717, 1.165) is 17.6 Å². The minimum Gasteiger partial charge on any atom is -0.360 e. The molecule has 0 atom stereocenters. The van der Waals surface area contributed by atoms with E-state index < -0.39 is 0 Å². The number of thiocarbonyl (C=S) groups is 1. The maximum absolute atomic E-state index is 5.46. The third kappa shape index (κ3) is 5.49.